The van der Waals surface area contributed by atoms with Crippen molar-refractivity contribution >= 4 is 24.2 Å². The Morgan fingerprint density at radius 2 is 1.91 bits per heavy atom. The Morgan fingerprint density at radius 3 is 2.53 bits per heavy atom. The zero-order valence-corrected chi connectivity index (χ0v) is 19.3. The van der Waals surface area contributed by atoms with Crippen LogP contribution < -0.4 is 0 Å². The maximum atomic E-state index is 13.0. The summed E-state index contributed by atoms with van der Waals surface area (Å²) >= 11 is 0. The number of aryl methyl sites for hydroxylation is 1. The Morgan fingerprint density at radius 1 is 1.21 bits per heavy atom. The predicted molar refractivity (Wildman–Crippen MR) is 111 cm³/mol. The lowest BCUT2D eigenvalue weighted by Crippen LogP contribution is -2.42. The highest BCUT2D eigenvalue weighted by molar-refractivity contribution is 5.88. The van der Waals surface area contributed by atoms with Gasteiger partial charge < -0.3 is 28.1 Å². The summed E-state index contributed by atoms with van der Waals surface area (Å²) in [5.41, 5.74) is -1.39. The lowest BCUT2D eigenvalue weighted by atomic mass is 9.82. The van der Waals surface area contributed by atoms with Gasteiger partial charge in [-0.15, -0.1) is 0 Å². The number of ether oxygens (including phenoxy) is 5. The van der Waals surface area contributed by atoms with Crippen molar-refractivity contribution in [3.8, 4) is 0 Å². The molecule has 0 aromatic carbocycles. The van der Waals surface area contributed by atoms with E-state index in [-0.39, 0.29) is 12.0 Å². The highest BCUT2D eigenvalue weighted by atomic mass is 16.7. The van der Waals surface area contributed by atoms with Gasteiger partial charge in [0, 0.05) is 26.2 Å². The number of hydrogen-bond acceptors (Lipinski definition) is 10. The summed E-state index contributed by atoms with van der Waals surface area (Å²) in [6.07, 6.45) is -2.99. The molecule has 0 saturated carbocycles. The fourth-order valence-corrected chi connectivity index (χ4v) is 5.40. The molecule has 10 heteroatoms. The van der Waals surface area contributed by atoms with E-state index in [1.165, 1.54) is 13.8 Å². The summed E-state index contributed by atoms with van der Waals surface area (Å²) in [6.45, 7) is 9.97. The fraction of sp³-hybridized carbons (Fsp3) is 0.583. The van der Waals surface area contributed by atoms with Crippen LogP contribution in [0.3, 0.4) is 0 Å². The minimum Gasteiger partial charge on any atom is -0.459 e. The molecule has 0 unspecified atom stereocenters. The van der Waals surface area contributed by atoms with Crippen molar-refractivity contribution in [1.82, 2.24) is 0 Å². The number of carbonyl (C=O) groups excluding carboxylic acids is 4. The van der Waals surface area contributed by atoms with Crippen LogP contribution in [0.25, 0.3) is 0 Å². The van der Waals surface area contributed by atoms with Gasteiger partial charge in [0.1, 0.15) is 47.8 Å². The Balaban J connectivity index is 1.65. The number of hydrogen-bond donors (Lipinski definition) is 0. The quantitative estimate of drug-likeness (QED) is 0.210. The molecule has 3 saturated heterocycles. The average Bonchev–Trinajstić information content (AvgIpc) is 3.58. The van der Waals surface area contributed by atoms with Gasteiger partial charge >= 0.3 is 17.9 Å². The molecule has 3 fully saturated rings. The van der Waals surface area contributed by atoms with Crippen molar-refractivity contribution in [1.29, 1.82) is 0 Å². The molecule has 4 bridgehead atoms. The molecule has 10 nitrogen and oxygen atoms in total. The fourth-order valence-electron chi connectivity index (χ4n) is 5.40. The number of aldehydes is 1. The minimum atomic E-state index is -1.50. The number of rotatable bonds is 4. The van der Waals surface area contributed by atoms with Gasteiger partial charge in [-0.3, -0.25) is 14.4 Å². The van der Waals surface area contributed by atoms with Gasteiger partial charge in [-0.05, 0) is 37.5 Å². The largest absolute Gasteiger partial charge is 0.459 e. The predicted octanol–water partition coefficient (Wildman–Crippen LogP) is 2.18. The number of furan rings is 1. The Hall–Kier alpha value is -2.98. The van der Waals surface area contributed by atoms with Crippen LogP contribution >= 0.6 is 0 Å². The van der Waals surface area contributed by atoms with E-state index in [0.29, 0.717) is 29.8 Å². The third-order valence-electron chi connectivity index (χ3n) is 7.13. The first-order valence-corrected chi connectivity index (χ1v) is 11.2. The van der Waals surface area contributed by atoms with Crippen molar-refractivity contribution in [2.24, 2.45) is 5.92 Å². The van der Waals surface area contributed by atoms with Crippen LogP contribution in [0.1, 0.15) is 62.9 Å². The Kier molecular flexibility index (Phi) is 5.04. The topological polar surface area (TPSA) is 134 Å². The van der Waals surface area contributed by atoms with Gasteiger partial charge in [-0.1, -0.05) is 6.58 Å². The molecule has 182 valence electrons. The summed E-state index contributed by atoms with van der Waals surface area (Å²) in [7, 11) is 0. The molecule has 0 radical (unpaired) electrons. The van der Waals surface area contributed by atoms with Crippen molar-refractivity contribution in [2.75, 3.05) is 0 Å². The monoisotopic (exact) mass is 474 g/mol. The van der Waals surface area contributed by atoms with Gasteiger partial charge in [0.05, 0.1) is 0 Å². The standard InChI is InChI=1S/C24H26O10/c1-10-6-15-20-23(5,33-20)8-16-21-24(34-21,22(28)32-16)17(29-12(3)26)7-14(11(2)9-25)19(18(10)31-15)30-13(4)27/h6,9,14,16-17,19-21H,2,7-8H2,1,3-5H3/t14-,16-,17+,19-,20+,21-,23+,24-/m1/s1. The lowest BCUT2D eigenvalue weighted by molar-refractivity contribution is -0.167. The van der Waals surface area contributed by atoms with E-state index in [2.05, 4.69) is 6.58 Å². The second kappa shape index (κ2) is 7.51. The molecule has 0 aliphatic carbocycles. The van der Waals surface area contributed by atoms with Crippen LogP contribution in [0, 0.1) is 12.8 Å². The van der Waals surface area contributed by atoms with Gasteiger partial charge in [0.2, 0.25) is 5.60 Å². The normalized spacial score (nSPS) is 39.7. The van der Waals surface area contributed by atoms with Crippen LogP contribution in [-0.4, -0.2) is 53.7 Å². The third-order valence-corrected chi connectivity index (χ3v) is 7.13. The molecular formula is C24H26O10. The van der Waals surface area contributed by atoms with E-state index >= 15 is 0 Å². The molecular weight excluding hydrogens is 448 g/mol. The van der Waals surface area contributed by atoms with Gasteiger partial charge in [-0.2, -0.15) is 0 Å². The maximum Gasteiger partial charge on any atom is 0.345 e. The van der Waals surface area contributed by atoms with Crippen LogP contribution in [0.2, 0.25) is 0 Å². The van der Waals surface area contributed by atoms with Crippen molar-refractivity contribution in [2.45, 2.75) is 82.3 Å². The van der Waals surface area contributed by atoms with E-state index in [4.69, 9.17) is 28.1 Å². The zero-order chi connectivity index (χ0) is 24.6. The number of epoxide rings is 2. The third kappa shape index (κ3) is 3.39. The minimum absolute atomic E-state index is 0.0830. The van der Waals surface area contributed by atoms with Crippen LogP contribution in [0.5, 0.6) is 0 Å². The average molecular weight is 474 g/mol. The molecule has 4 aliphatic rings. The molecule has 1 aromatic rings. The van der Waals surface area contributed by atoms with Crippen molar-refractivity contribution in [3.05, 3.63) is 35.3 Å². The molecule has 1 aromatic heterocycles. The Bertz CT molecular complexity index is 1100. The molecule has 5 heterocycles. The van der Waals surface area contributed by atoms with Crippen LogP contribution in [0.15, 0.2) is 22.6 Å². The van der Waals surface area contributed by atoms with Gasteiger partial charge in [0.15, 0.2) is 6.10 Å². The van der Waals surface area contributed by atoms with Crippen molar-refractivity contribution < 1.29 is 47.3 Å². The smallest absolute Gasteiger partial charge is 0.345 e. The summed E-state index contributed by atoms with van der Waals surface area (Å²) in [5, 5.41) is 0. The lowest BCUT2D eigenvalue weighted by Gasteiger charge is -2.30. The molecule has 4 aliphatic heterocycles. The van der Waals surface area contributed by atoms with Gasteiger partial charge in [0.25, 0.3) is 0 Å². The second-order valence-electron chi connectivity index (χ2n) is 9.65. The summed E-state index contributed by atoms with van der Waals surface area (Å²) in [6, 6.07) is 1.80. The number of carbonyl (C=O) groups is 4. The number of esters is 3. The molecule has 0 amide bonds. The highest BCUT2D eigenvalue weighted by Gasteiger charge is 2.79. The van der Waals surface area contributed by atoms with E-state index in [0.717, 1.165) is 0 Å². The Labute approximate surface area is 195 Å². The summed E-state index contributed by atoms with van der Waals surface area (Å²) in [4.78, 5) is 48.9. The van der Waals surface area contributed by atoms with Crippen LogP contribution in [-0.2, 0) is 42.9 Å². The first-order chi connectivity index (χ1) is 16.0. The molecule has 34 heavy (non-hydrogen) atoms. The van der Waals surface area contributed by atoms with Crippen LogP contribution in [0.4, 0.5) is 0 Å². The first-order valence-electron chi connectivity index (χ1n) is 11.2. The molecule has 0 N–H and O–H groups in total. The van der Waals surface area contributed by atoms with E-state index in [1.807, 2.05) is 6.92 Å². The van der Waals surface area contributed by atoms with E-state index < -0.39 is 65.5 Å². The zero-order valence-electron chi connectivity index (χ0n) is 19.3. The maximum absolute atomic E-state index is 13.0. The second-order valence-corrected chi connectivity index (χ2v) is 9.65. The molecule has 0 spiro atoms. The SMILES string of the molecule is C=C(C=O)[C@H]1C[C@H](OC(C)=O)[C@@]23O[C@@H]2[C@@H](C[C@]2(C)O[C@H]2c2cc(C)c(o2)[C@@H]1OC(C)=O)OC3=O. The summed E-state index contributed by atoms with van der Waals surface area (Å²) in [5.74, 6) is -1.89. The number of fused-ring (bicyclic) bond motifs is 4. The van der Waals surface area contributed by atoms with Gasteiger partial charge in [-0.25, -0.2) is 4.79 Å². The van der Waals surface area contributed by atoms with E-state index in [1.54, 1.807) is 13.0 Å². The molecule has 8 atom stereocenters. The molecule has 5 rings (SSSR count). The highest BCUT2D eigenvalue weighted by Crippen LogP contribution is 2.60. The van der Waals surface area contributed by atoms with E-state index in [9.17, 15) is 19.2 Å². The first kappa shape index (κ1) is 22.8. The van der Waals surface area contributed by atoms with Crippen molar-refractivity contribution in [3.63, 3.8) is 0 Å². The summed E-state index contributed by atoms with van der Waals surface area (Å²) < 4.78 is 34.8.